The van der Waals surface area contributed by atoms with Crippen LogP contribution in [-0.4, -0.2) is 24.5 Å². The highest BCUT2D eigenvalue weighted by Gasteiger charge is 2.22. The lowest BCUT2D eigenvalue weighted by Gasteiger charge is -2.27. The maximum atomic E-state index is 12.0. The third-order valence-electron chi connectivity index (χ3n) is 3.12. The molecule has 18 heavy (non-hydrogen) atoms. The monoisotopic (exact) mass is 270 g/mol. The molecule has 1 rings (SSSR count). The topological polar surface area (TPSA) is 80.0 Å². The summed E-state index contributed by atoms with van der Waals surface area (Å²) in [7, 11) is 1.75. The number of nitrogens with one attached hydrogen (secondary N) is 2. The van der Waals surface area contributed by atoms with Gasteiger partial charge in [-0.3, -0.25) is 4.79 Å². The number of carbonyl (C=O) groups excluding carboxylic acids is 1. The van der Waals surface area contributed by atoms with E-state index in [4.69, 9.17) is 5.73 Å². The molecular formula is C12H22N4OS. The Balaban J connectivity index is 2.63. The van der Waals surface area contributed by atoms with Gasteiger partial charge in [0.25, 0.3) is 5.91 Å². The highest BCUT2D eigenvalue weighted by molar-refractivity contribution is 7.18. The zero-order valence-corrected chi connectivity index (χ0v) is 12.4. The van der Waals surface area contributed by atoms with Crippen LogP contribution in [0.1, 0.15) is 37.4 Å². The van der Waals surface area contributed by atoms with Crippen molar-refractivity contribution in [2.24, 2.45) is 11.3 Å². The van der Waals surface area contributed by atoms with Crippen molar-refractivity contribution < 1.29 is 4.79 Å². The summed E-state index contributed by atoms with van der Waals surface area (Å²) in [5, 5.41) is 6.44. The second kappa shape index (κ2) is 5.56. The van der Waals surface area contributed by atoms with Gasteiger partial charge in [-0.2, -0.15) is 0 Å². The number of nitrogen functional groups attached to an aromatic ring is 1. The predicted molar refractivity (Wildman–Crippen MR) is 77.0 cm³/mol. The summed E-state index contributed by atoms with van der Waals surface area (Å²) in [5.74, 6) is 0.521. The van der Waals surface area contributed by atoms with Crippen LogP contribution in [0.2, 0.25) is 0 Å². The number of amides is 1. The molecule has 0 saturated carbocycles. The van der Waals surface area contributed by atoms with Crippen molar-refractivity contribution in [3.63, 3.8) is 0 Å². The van der Waals surface area contributed by atoms with Crippen molar-refractivity contribution in [2.75, 3.05) is 24.6 Å². The van der Waals surface area contributed by atoms with Crippen LogP contribution in [0.4, 0.5) is 10.9 Å². The summed E-state index contributed by atoms with van der Waals surface area (Å²) >= 11 is 1.27. The number of anilines is 2. The second-order valence-corrected chi connectivity index (χ2v) is 6.46. The van der Waals surface area contributed by atoms with Crippen molar-refractivity contribution in [3.05, 3.63) is 4.88 Å². The van der Waals surface area contributed by atoms with Gasteiger partial charge < -0.3 is 16.4 Å². The number of hydrogen-bond acceptors (Lipinski definition) is 5. The van der Waals surface area contributed by atoms with Gasteiger partial charge in [0, 0.05) is 13.6 Å². The zero-order chi connectivity index (χ0) is 13.9. The molecule has 0 aliphatic carbocycles. The fourth-order valence-electron chi connectivity index (χ4n) is 1.23. The van der Waals surface area contributed by atoms with Crippen molar-refractivity contribution in [1.82, 2.24) is 10.3 Å². The Morgan fingerprint density at radius 1 is 1.50 bits per heavy atom. The molecule has 1 atom stereocenters. The summed E-state index contributed by atoms with van der Waals surface area (Å²) in [6.45, 7) is 9.22. The molecule has 0 fully saturated rings. The van der Waals surface area contributed by atoms with E-state index in [1.54, 1.807) is 7.05 Å². The van der Waals surface area contributed by atoms with Crippen LogP contribution >= 0.6 is 11.3 Å². The summed E-state index contributed by atoms with van der Waals surface area (Å²) < 4.78 is 0. The molecule has 0 aliphatic heterocycles. The maximum Gasteiger partial charge on any atom is 0.265 e. The van der Waals surface area contributed by atoms with Gasteiger partial charge in [-0.25, -0.2) is 4.98 Å². The first-order valence-corrected chi connectivity index (χ1v) is 6.79. The number of thiazole rings is 1. The highest BCUT2D eigenvalue weighted by Crippen LogP contribution is 2.26. The molecule has 1 heterocycles. The minimum atomic E-state index is -0.150. The molecular weight excluding hydrogens is 248 g/mol. The van der Waals surface area contributed by atoms with Crippen LogP contribution in [0.3, 0.4) is 0 Å². The van der Waals surface area contributed by atoms with Gasteiger partial charge in [-0.1, -0.05) is 39.0 Å². The fraction of sp³-hybridized carbons (Fsp3) is 0.667. The van der Waals surface area contributed by atoms with Crippen LogP contribution in [0.15, 0.2) is 0 Å². The minimum absolute atomic E-state index is 0.150. The largest absolute Gasteiger partial charge is 0.382 e. The molecule has 102 valence electrons. The van der Waals surface area contributed by atoms with E-state index in [2.05, 4.69) is 43.3 Å². The number of nitrogens with two attached hydrogens (primary N) is 1. The first-order valence-electron chi connectivity index (χ1n) is 5.98. The van der Waals surface area contributed by atoms with Gasteiger partial charge in [0.15, 0.2) is 5.13 Å². The van der Waals surface area contributed by atoms with Gasteiger partial charge in [-0.05, 0) is 11.3 Å². The normalized spacial score (nSPS) is 13.2. The van der Waals surface area contributed by atoms with Gasteiger partial charge >= 0.3 is 0 Å². The van der Waals surface area contributed by atoms with Crippen LogP contribution < -0.4 is 16.4 Å². The predicted octanol–water partition coefficient (Wildman–Crippen LogP) is 2.18. The Morgan fingerprint density at radius 3 is 2.56 bits per heavy atom. The van der Waals surface area contributed by atoms with E-state index >= 15 is 0 Å². The summed E-state index contributed by atoms with van der Waals surface area (Å²) in [5.41, 5.74) is 5.88. The average Bonchev–Trinajstić information content (AvgIpc) is 2.65. The van der Waals surface area contributed by atoms with Gasteiger partial charge in [0.05, 0.1) is 0 Å². The zero-order valence-electron chi connectivity index (χ0n) is 11.6. The Labute approximate surface area is 112 Å². The van der Waals surface area contributed by atoms with Crippen molar-refractivity contribution in [3.8, 4) is 0 Å². The molecule has 1 aromatic heterocycles. The van der Waals surface area contributed by atoms with Gasteiger partial charge in [0.1, 0.15) is 10.7 Å². The molecule has 0 aliphatic rings. The van der Waals surface area contributed by atoms with Crippen LogP contribution in [0.25, 0.3) is 0 Å². The van der Waals surface area contributed by atoms with E-state index in [0.29, 0.717) is 22.5 Å². The smallest absolute Gasteiger partial charge is 0.265 e. The Kier molecular flexibility index (Phi) is 4.56. The molecule has 1 amide bonds. The molecule has 0 spiro atoms. The number of aromatic nitrogens is 1. The fourth-order valence-corrected chi connectivity index (χ4v) is 1.99. The molecule has 5 nitrogen and oxygen atoms in total. The Morgan fingerprint density at radius 2 is 2.11 bits per heavy atom. The lowest BCUT2D eigenvalue weighted by Crippen LogP contribution is -2.33. The molecule has 4 N–H and O–H groups in total. The van der Waals surface area contributed by atoms with E-state index in [0.717, 1.165) is 0 Å². The SMILES string of the molecule is CNc1nc(N)c(C(=O)NCC(C)C(C)(C)C)s1. The lowest BCUT2D eigenvalue weighted by molar-refractivity contribution is 0.0942. The third kappa shape index (κ3) is 3.60. The second-order valence-electron chi connectivity index (χ2n) is 5.46. The Hall–Kier alpha value is -1.30. The summed E-state index contributed by atoms with van der Waals surface area (Å²) in [4.78, 5) is 16.5. The van der Waals surface area contributed by atoms with E-state index in [9.17, 15) is 4.79 Å². The molecule has 6 heteroatoms. The number of hydrogen-bond donors (Lipinski definition) is 3. The maximum absolute atomic E-state index is 12.0. The van der Waals surface area contributed by atoms with Crippen molar-refractivity contribution >= 4 is 28.2 Å². The van der Waals surface area contributed by atoms with E-state index < -0.39 is 0 Å². The molecule has 0 bridgehead atoms. The van der Waals surface area contributed by atoms with Crippen LogP contribution in [0, 0.1) is 11.3 Å². The highest BCUT2D eigenvalue weighted by atomic mass is 32.1. The van der Waals surface area contributed by atoms with Crippen LogP contribution in [0.5, 0.6) is 0 Å². The van der Waals surface area contributed by atoms with E-state index in [1.807, 2.05) is 0 Å². The van der Waals surface area contributed by atoms with Crippen molar-refractivity contribution in [1.29, 1.82) is 0 Å². The quantitative estimate of drug-likeness (QED) is 0.783. The van der Waals surface area contributed by atoms with E-state index in [1.165, 1.54) is 11.3 Å². The number of rotatable bonds is 4. The molecule has 0 radical (unpaired) electrons. The van der Waals surface area contributed by atoms with Crippen LogP contribution in [-0.2, 0) is 0 Å². The molecule has 1 unspecified atom stereocenters. The first kappa shape index (κ1) is 14.8. The summed E-state index contributed by atoms with van der Waals surface area (Å²) in [6.07, 6.45) is 0. The third-order valence-corrected chi connectivity index (χ3v) is 4.21. The lowest BCUT2D eigenvalue weighted by atomic mass is 9.82. The number of nitrogens with zero attached hydrogens (tertiary/aromatic N) is 1. The van der Waals surface area contributed by atoms with E-state index in [-0.39, 0.29) is 17.1 Å². The summed E-state index contributed by atoms with van der Waals surface area (Å²) in [6, 6.07) is 0. The molecule has 0 aromatic carbocycles. The van der Waals surface area contributed by atoms with Crippen molar-refractivity contribution in [2.45, 2.75) is 27.7 Å². The Bertz CT molecular complexity index is 422. The first-order chi connectivity index (χ1) is 8.25. The standard InChI is InChI=1S/C12H22N4OS/c1-7(12(2,3)4)6-15-10(17)8-9(13)16-11(14-5)18-8/h7H,6,13H2,1-5H3,(H,14,16)(H,15,17). The minimum Gasteiger partial charge on any atom is -0.382 e. The molecule has 0 saturated heterocycles. The van der Waals surface area contributed by atoms with Gasteiger partial charge in [0.2, 0.25) is 0 Å². The molecule has 1 aromatic rings. The average molecular weight is 270 g/mol. The number of carbonyl (C=O) groups is 1. The van der Waals surface area contributed by atoms with Gasteiger partial charge in [-0.15, -0.1) is 0 Å².